The summed E-state index contributed by atoms with van der Waals surface area (Å²) in [6, 6.07) is 0. The Morgan fingerprint density at radius 2 is 2.62 bits per heavy atom. The van der Waals surface area contributed by atoms with Gasteiger partial charge in [-0.25, -0.2) is 0 Å². The summed E-state index contributed by atoms with van der Waals surface area (Å²) in [6.45, 7) is -5.27. The van der Waals surface area contributed by atoms with Gasteiger partial charge < -0.3 is 10.3 Å². The molecule has 3 nitrogen and oxygen atoms in total. The fourth-order valence-corrected chi connectivity index (χ4v) is 0.303. The minimum atomic E-state index is -2.63. The molecule has 0 aromatic carbocycles. The zero-order valence-corrected chi connectivity index (χ0v) is 3.93. The first-order valence-electron chi connectivity index (χ1n) is 4.90. The standard InChI is InChI=1S/C5H8N2O/c1-3-4(2)7-8-5(3)6/h6H2,1-2H3/i1D3,2D3. The average Bonchev–Trinajstić information content (AvgIpc) is 2.27. The summed E-state index contributed by atoms with van der Waals surface area (Å²) >= 11 is 0. The van der Waals surface area contributed by atoms with Gasteiger partial charge in [-0.1, -0.05) is 5.16 Å². The lowest BCUT2D eigenvalue weighted by Crippen LogP contribution is -1.82. The summed E-state index contributed by atoms with van der Waals surface area (Å²) in [6.07, 6.45) is 0. The second-order valence-electron chi connectivity index (χ2n) is 1.27. The highest BCUT2D eigenvalue weighted by Gasteiger charge is 2.00. The Labute approximate surface area is 55.9 Å². The molecule has 44 valence electrons. The second kappa shape index (κ2) is 1.51. The third-order valence-electron chi connectivity index (χ3n) is 0.718. The van der Waals surface area contributed by atoms with Crippen LogP contribution in [-0.4, -0.2) is 5.16 Å². The first kappa shape index (κ1) is 1.50. The number of nitrogens with two attached hydrogens (primary N) is 1. The van der Waals surface area contributed by atoms with Gasteiger partial charge in [-0.05, 0) is 13.7 Å². The van der Waals surface area contributed by atoms with Crippen LogP contribution in [0.4, 0.5) is 5.88 Å². The Balaban J connectivity index is 3.35. The molecule has 1 heterocycles. The molecule has 0 aliphatic heterocycles. The molecule has 0 radical (unpaired) electrons. The Morgan fingerprint density at radius 1 is 1.75 bits per heavy atom. The van der Waals surface area contributed by atoms with Gasteiger partial charge >= 0.3 is 0 Å². The monoisotopic (exact) mass is 118 g/mol. The molecule has 8 heavy (non-hydrogen) atoms. The SMILES string of the molecule is [2H]C([2H])([2H])c1noc(N)c1C([2H])([2H])[2H]. The van der Waals surface area contributed by atoms with Crippen LogP contribution in [-0.2, 0) is 0 Å². The third kappa shape index (κ3) is 0.559. The highest BCUT2D eigenvalue weighted by molar-refractivity contribution is 5.36. The first-order chi connectivity index (χ1) is 6.14. The number of hydrogen-bond donors (Lipinski definition) is 1. The van der Waals surface area contributed by atoms with Gasteiger partial charge in [-0.2, -0.15) is 0 Å². The van der Waals surface area contributed by atoms with Gasteiger partial charge in [0.25, 0.3) is 0 Å². The molecule has 0 atom stereocenters. The predicted octanol–water partition coefficient (Wildman–Crippen LogP) is 0.874. The maximum absolute atomic E-state index is 7.05. The van der Waals surface area contributed by atoms with Crippen LogP contribution in [0.2, 0.25) is 0 Å². The molecular weight excluding hydrogens is 104 g/mol. The normalized spacial score (nSPS) is 24.0. The molecule has 0 unspecified atom stereocenters. The molecule has 2 N–H and O–H groups in total. The van der Waals surface area contributed by atoms with Crippen LogP contribution in [0.5, 0.6) is 0 Å². The highest BCUT2D eigenvalue weighted by atomic mass is 16.5. The molecule has 0 saturated heterocycles. The van der Waals surface area contributed by atoms with E-state index in [0.717, 1.165) is 0 Å². The number of nitrogen functional groups attached to an aromatic ring is 1. The van der Waals surface area contributed by atoms with Gasteiger partial charge in [0, 0.05) is 13.8 Å². The number of aryl methyl sites for hydroxylation is 1. The van der Waals surface area contributed by atoms with Crippen molar-refractivity contribution in [3.8, 4) is 0 Å². The lowest BCUT2D eigenvalue weighted by Gasteiger charge is -1.80. The predicted molar refractivity (Wildman–Crippen MR) is 30.4 cm³/mol. The van der Waals surface area contributed by atoms with Gasteiger partial charge in [-0.15, -0.1) is 0 Å². The topological polar surface area (TPSA) is 52.0 Å². The van der Waals surface area contributed by atoms with Crippen molar-refractivity contribution in [3.05, 3.63) is 11.3 Å². The minimum absolute atomic E-state index is 0.476. The Kier molecular flexibility index (Phi) is 0.282. The Morgan fingerprint density at radius 3 is 3.12 bits per heavy atom. The van der Waals surface area contributed by atoms with E-state index in [4.69, 9.17) is 14.0 Å². The lowest BCUT2D eigenvalue weighted by atomic mass is 10.3. The lowest BCUT2D eigenvalue weighted by molar-refractivity contribution is 0.431. The van der Waals surface area contributed by atoms with Crippen LogP contribution in [0.3, 0.4) is 0 Å². The Hall–Kier alpha value is -0.990. The largest absolute Gasteiger partial charge is 0.367 e. The quantitative estimate of drug-likeness (QED) is 0.550. The van der Waals surface area contributed by atoms with Crippen molar-refractivity contribution in [2.75, 3.05) is 5.73 Å². The smallest absolute Gasteiger partial charge is 0.225 e. The molecule has 0 fully saturated rings. The summed E-state index contributed by atoms with van der Waals surface area (Å²) in [4.78, 5) is 0. The summed E-state index contributed by atoms with van der Waals surface area (Å²) in [5.41, 5.74) is 4.05. The number of nitrogens with zero attached hydrogens (tertiary/aromatic N) is 1. The van der Waals surface area contributed by atoms with Crippen molar-refractivity contribution < 1.29 is 12.7 Å². The van der Waals surface area contributed by atoms with Crippen molar-refractivity contribution in [2.24, 2.45) is 0 Å². The van der Waals surface area contributed by atoms with Gasteiger partial charge in [0.2, 0.25) is 5.88 Å². The van der Waals surface area contributed by atoms with E-state index in [0.29, 0.717) is 0 Å². The van der Waals surface area contributed by atoms with Gasteiger partial charge in [0.15, 0.2) is 0 Å². The van der Waals surface area contributed by atoms with E-state index in [1.54, 1.807) is 0 Å². The van der Waals surface area contributed by atoms with E-state index in [9.17, 15) is 0 Å². The number of anilines is 1. The second-order valence-corrected chi connectivity index (χ2v) is 1.27. The molecule has 0 bridgehead atoms. The number of hydrogen-bond acceptors (Lipinski definition) is 3. The average molecular weight is 118 g/mol. The Bertz CT molecular complexity index is 337. The van der Waals surface area contributed by atoms with Gasteiger partial charge in [0.1, 0.15) is 0 Å². The summed E-state index contributed by atoms with van der Waals surface area (Å²) in [5, 5.41) is 3.13. The molecule has 1 aromatic heterocycles. The molecule has 1 aromatic rings. The van der Waals surface area contributed by atoms with Crippen LogP contribution in [0.25, 0.3) is 0 Å². The number of aromatic nitrogens is 1. The zero-order valence-electron chi connectivity index (χ0n) is 9.93. The van der Waals surface area contributed by atoms with Crippen molar-refractivity contribution in [3.63, 3.8) is 0 Å². The summed E-state index contributed by atoms with van der Waals surface area (Å²) in [5.74, 6) is -0.476. The fraction of sp³-hybridized carbons (Fsp3) is 0.400. The molecule has 1 rings (SSSR count). The molecule has 0 spiro atoms. The van der Waals surface area contributed by atoms with Gasteiger partial charge in [0.05, 0.1) is 5.69 Å². The molecule has 0 aliphatic rings. The molecular formula is C5H8N2O. The summed E-state index contributed by atoms with van der Waals surface area (Å²) in [7, 11) is 0. The van der Waals surface area contributed by atoms with Crippen molar-refractivity contribution >= 4 is 5.88 Å². The molecule has 0 aliphatic carbocycles. The van der Waals surface area contributed by atoms with Gasteiger partial charge in [-0.3, -0.25) is 0 Å². The maximum Gasteiger partial charge on any atom is 0.225 e. The van der Waals surface area contributed by atoms with Crippen molar-refractivity contribution in [1.82, 2.24) is 5.16 Å². The van der Waals surface area contributed by atoms with Crippen molar-refractivity contribution in [1.29, 1.82) is 0 Å². The van der Waals surface area contributed by atoms with E-state index in [-0.39, 0.29) is 0 Å². The van der Waals surface area contributed by atoms with E-state index in [1.165, 1.54) is 0 Å². The van der Waals surface area contributed by atoms with E-state index in [1.807, 2.05) is 0 Å². The summed E-state index contributed by atoms with van der Waals surface area (Å²) < 4.78 is 46.6. The fourth-order valence-electron chi connectivity index (χ4n) is 0.303. The van der Waals surface area contributed by atoms with Crippen LogP contribution in [0.1, 0.15) is 19.5 Å². The van der Waals surface area contributed by atoms with Crippen molar-refractivity contribution in [2.45, 2.75) is 13.7 Å². The highest BCUT2D eigenvalue weighted by Crippen LogP contribution is 2.11. The van der Waals surface area contributed by atoms with Crippen LogP contribution >= 0.6 is 0 Å². The van der Waals surface area contributed by atoms with E-state index < -0.39 is 30.8 Å². The van der Waals surface area contributed by atoms with Crippen LogP contribution in [0, 0.1) is 13.7 Å². The molecule has 0 saturated carbocycles. The third-order valence-corrected chi connectivity index (χ3v) is 0.718. The number of rotatable bonds is 0. The van der Waals surface area contributed by atoms with Crippen LogP contribution < -0.4 is 5.73 Å². The first-order valence-corrected chi connectivity index (χ1v) is 1.90. The molecule has 0 amide bonds. The van der Waals surface area contributed by atoms with E-state index >= 15 is 0 Å². The van der Waals surface area contributed by atoms with E-state index in [2.05, 4.69) is 9.68 Å². The maximum atomic E-state index is 7.05. The van der Waals surface area contributed by atoms with Crippen LogP contribution in [0.15, 0.2) is 4.52 Å². The minimum Gasteiger partial charge on any atom is -0.367 e. The molecule has 3 heteroatoms. The zero-order chi connectivity index (χ0) is 11.1.